The van der Waals surface area contributed by atoms with Crippen molar-refractivity contribution in [3.8, 4) is 0 Å². The Balaban J connectivity index is 2.02. The zero-order chi connectivity index (χ0) is 9.52. The van der Waals surface area contributed by atoms with E-state index in [1.807, 2.05) is 0 Å². The summed E-state index contributed by atoms with van der Waals surface area (Å²) in [4.78, 5) is 11.3. The molecule has 1 aliphatic carbocycles. The van der Waals surface area contributed by atoms with Gasteiger partial charge in [0.2, 0.25) is 0 Å². The molecular weight excluding hydrogens is 164 g/mol. The van der Waals surface area contributed by atoms with E-state index in [-0.39, 0.29) is 5.97 Å². The molecule has 0 N–H and O–H groups in total. The summed E-state index contributed by atoms with van der Waals surface area (Å²) in [6, 6.07) is 0. The lowest BCUT2D eigenvalue weighted by atomic mass is 10.0. The maximum absolute atomic E-state index is 11.3. The van der Waals surface area contributed by atoms with Crippen molar-refractivity contribution in [2.24, 2.45) is 5.92 Å². The highest BCUT2D eigenvalue weighted by Gasteiger charge is 2.18. The van der Waals surface area contributed by atoms with Crippen molar-refractivity contribution >= 4 is 5.97 Å². The summed E-state index contributed by atoms with van der Waals surface area (Å²) in [7, 11) is 0. The summed E-state index contributed by atoms with van der Waals surface area (Å²) < 4.78 is 5.11. The standard InChI is InChI=1S/C11H20O2/c1-2-3-8-13-11(12)9-10-6-4-5-7-10/h10H,2-9H2,1H3. The quantitative estimate of drug-likeness (QED) is 0.485. The number of hydrogen-bond donors (Lipinski definition) is 0. The van der Waals surface area contributed by atoms with Gasteiger partial charge in [-0.1, -0.05) is 26.2 Å². The Morgan fingerprint density at radius 2 is 2.08 bits per heavy atom. The van der Waals surface area contributed by atoms with Gasteiger partial charge in [-0.05, 0) is 25.2 Å². The Morgan fingerprint density at radius 1 is 1.38 bits per heavy atom. The van der Waals surface area contributed by atoms with E-state index in [1.165, 1.54) is 25.7 Å². The SMILES string of the molecule is CCCCOC(=O)CC1CCCC1. The van der Waals surface area contributed by atoms with Gasteiger partial charge in [-0.25, -0.2) is 0 Å². The lowest BCUT2D eigenvalue weighted by Gasteiger charge is -2.08. The first-order valence-corrected chi connectivity index (χ1v) is 5.48. The molecule has 0 aromatic carbocycles. The highest BCUT2D eigenvalue weighted by molar-refractivity contribution is 5.69. The van der Waals surface area contributed by atoms with Crippen molar-refractivity contribution in [1.29, 1.82) is 0 Å². The molecule has 0 bridgehead atoms. The number of esters is 1. The summed E-state index contributed by atoms with van der Waals surface area (Å²) in [5.74, 6) is 0.634. The van der Waals surface area contributed by atoms with Crippen LogP contribution in [-0.4, -0.2) is 12.6 Å². The molecule has 1 rings (SSSR count). The number of unbranched alkanes of at least 4 members (excludes halogenated alkanes) is 1. The van der Waals surface area contributed by atoms with Gasteiger partial charge in [-0.3, -0.25) is 4.79 Å². The average molecular weight is 184 g/mol. The Labute approximate surface area is 80.7 Å². The van der Waals surface area contributed by atoms with Gasteiger partial charge in [0.25, 0.3) is 0 Å². The number of rotatable bonds is 5. The molecule has 0 atom stereocenters. The van der Waals surface area contributed by atoms with E-state index in [0.717, 1.165) is 12.8 Å². The fraction of sp³-hybridized carbons (Fsp3) is 0.909. The Bertz CT molecular complexity index is 148. The molecule has 0 radical (unpaired) electrons. The molecule has 2 heteroatoms. The van der Waals surface area contributed by atoms with Gasteiger partial charge in [0.05, 0.1) is 6.61 Å². The number of hydrogen-bond acceptors (Lipinski definition) is 2. The number of carbonyl (C=O) groups is 1. The fourth-order valence-electron chi connectivity index (χ4n) is 1.84. The van der Waals surface area contributed by atoms with Gasteiger partial charge in [-0.15, -0.1) is 0 Å². The van der Waals surface area contributed by atoms with Crippen LogP contribution in [0.5, 0.6) is 0 Å². The van der Waals surface area contributed by atoms with Crippen molar-refractivity contribution < 1.29 is 9.53 Å². The molecule has 0 spiro atoms. The normalized spacial score (nSPS) is 17.6. The van der Waals surface area contributed by atoms with E-state index < -0.39 is 0 Å². The Morgan fingerprint density at radius 3 is 2.69 bits per heavy atom. The molecule has 0 amide bonds. The maximum Gasteiger partial charge on any atom is 0.306 e. The molecule has 76 valence electrons. The molecule has 0 aliphatic heterocycles. The molecule has 13 heavy (non-hydrogen) atoms. The van der Waals surface area contributed by atoms with Crippen LogP contribution in [-0.2, 0) is 9.53 Å². The first kappa shape index (κ1) is 10.6. The molecular formula is C11H20O2. The zero-order valence-electron chi connectivity index (χ0n) is 8.55. The van der Waals surface area contributed by atoms with E-state index in [2.05, 4.69) is 6.92 Å². The Hall–Kier alpha value is -0.530. The predicted octanol–water partition coefficient (Wildman–Crippen LogP) is 2.91. The van der Waals surface area contributed by atoms with Crippen LogP contribution >= 0.6 is 0 Å². The minimum absolute atomic E-state index is 0.0142. The van der Waals surface area contributed by atoms with E-state index in [9.17, 15) is 4.79 Å². The molecule has 1 aliphatic rings. The molecule has 1 fully saturated rings. The number of ether oxygens (including phenoxy) is 1. The van der Waals surface area contributed by atoms with E-state index in [1.54, 1.807) is 0 Å². The second-order valence-corrected chi connectivity index (χ2v) is 3.93. The van der Waals surface area contributed by atoms with Crippen LogP contribution < -0.4 is 0 Å². The minimum Gasteiger partial charge on any atom is -0.466 e. The first-order valence-electron chi connectivity index (χ1n) is 5.48. The van der Waals surface area contributed by atoms with Crippen LogP contribution in [0, 0.1) is 5.92 Å². The van der Waals surface area contributed by atoms with Crippen LogP contribution in [0.15, 0.2) is 0 Å². The molecule has 2 nitrogen and oxygen atoms in total. The van der Waals surface area contributed by atoms with Gasteiger partial charge in [0.15, 0.2) is 0 Å². The topological polar surface area (TPSA) is 26.3 Å². The van der Waals surface area contributed by atoms with Crippen molar-refractivity contribution in [2.75, 3.05) is 6.61 Å². The van der Waals surface area contributed by atoms with Gasteiger partial charge < -0.3 is 4.74 Å². The Kier molecular flexibility index (Phi) is 4.87. The fourth-order valence-corrected chi connectivity index (χ4v) is 1.84. The molecule has 0 heterocycles. The van der Waals surface area contributed by atoms with Crippen molar-refractivity contribution in [3.05, 3.63) is 0 Å². The van der Waals surface area contributed by atoms with Gasteiger partial charge in [0.1, 0.15) is 0 Å². The second-order valence-electron chi connectivity index (χ2n) is 3.93. The highest BCUT2D eigenvalue weighted by atomic mass is 16.5. The summed E-state index contributed by atoms with van der Waals surface area (Å²) in [6.07, 6.45) is 7.79. The molecule has 1 saturated carbocycles. The predicted molar refractivity (Wildman–Crippen MR) is 52.4 cm³/mol. The molecule has 0 aromatic heterocycles. The molecule has 0 aromatic rings. The van der Waals surface area contributed by atoms with Gasteiger partial charge >= 0.3 is 5.97 Å². The van der Waals surface area contributed by atoms with Crippen LogP contribution in [0.3, 0.4) is 0 Å². The van der Waals surface area contributed by atoms with E-state index >= 15 is 0 Å². The summed E-state index contributed by atoms with van der Waals surface area (Å²) in [6.45, 7) is 2.72. The maximum atomic E-state index is 11.3. The minimum atomic E-state index is 0.0142. The van der Waals surface area contributed by atoms with Gasteiger partial charge in [-0.2, -0.15) is 0 Å². The van der Waals surface area contributed by atoms with Crippen molar-refractivity contribution in [3.63, 3.8) is 0 Å². The van der Waals surface area contributed by atoms with Crippen molar-refractivity contribution in [1.82, 2.24) is 0 Å². The summed E-state index contributed by atoms with van der Waals surface area (Å²) in [5, 5.41) is 0. The third kappa shape index (κ3) is 4.30. The van der Waals surface area contributed by atoms with Crippen LogP contribution in [0.2, 0.25) is 0 Å². The zero-order valence-corrected chi connectivity index (χ0v) is 8.55. The largest absolute Gasteiger partial charge is 0.466 e. The van der Waals surface area contributed by atoms with Gasteiger partial charge in [0, 0.05) is 6.42 Å². The first-order chi connectivity index (χ1) is 6.33. The third-order valence-corrected chi connectivity index (χ3v) is 2.69. The highest BCUT2D eigenvalue weighted by Crippen LogP contribution is 2.27. The molecule has 0 saturated heterocycles. The summed E-state index contributed by atoms with van der Waals surface area (Å²) >= 11 is 0. The third-order valence-electron chi connectivity index (χ3n) is 2.69. The van der Waals surface area contributed by atoms with E-state index in [4.69, 9.17) is 4.74 Å². The average Bonchev–Trinajstić information content (AvgIpc) is 2.57. The lowest BCUT2D eigenvalue weighted by molar-refractivity contribution is -0.144. The van der Waals surface area contributed by atoms with Crippen LogP contribution in [0.25, 0.3) is 0 Å². The van der Waals surface area contributed by atoms with E-state index in [0.29, 0.717) is 18.9 Å². The second kappa shape index (κ2) is 6.01. The van der Waals surface area contributed by atoms with Crippen molar-refractivity contribution in [2.45, 2.75) is 51.9 Å². The monoisotopic (exact) mass is 184 g/mol. The van der Waals surface area contributed by atoms with Crippen LogP contribution in [0.4, 0.5) is 0 Å². The summed E-state index contributed by atoms with van der Waals surface area (Å²) in [5.41, 5.74) is 0. The number of carbonyl (C=O) groups excluding carboxylic acids is 1. The van der Waals surface area contributed by atoms with Crippen LogP contribution in [0.1, 0.15) is 51.9 Å². The molecule has 0 unspecified atom stereocenters. The smallest absolute Gasteiger partial charge is 0.306 e. The lowest BCUT2D eigenvalue weighted by Crippen LogP contribution is -2.10.